The maximum atomic E-state index is 11.4. The van der Waals surface area contributed by atoms with Gasteiger partial charge in [-0.05, 0) is 29.2 Å². The maximum Gasteiger partial charge on any atom is 0.491 e. The van der Waals surface area contributed by atoms with E-state index in [0.29, 0.717) is 12.3 Å². The summed E-state index contributed by atoms with van der Waals surface area (Å²) in [6.07, 6.45) is 1.25. The van der Waals surface area contributed by atoms with Crippen molar-refractivity contribution in [1.29, 1.82) is 0 Å². The van der Waals surface area contributed by atoms with E-state index in [4.69, 9.17) is 4.65 Å². The van der Waals surface area contributed by atoms with E-state index in [1.807, 2.05) is 12.1 Å². The van der Waals surface area contributed by atoms with Gasteiger partial charge in [-0.25, -0.2) is 0 Å². The molecule has 0 unspecified atom stereocenters. The Kier molecular flexibility index (Phi) is 2.81. The largest absolute Gasteiger partial charge is 0.491 e. The van der Waals surface area contributed by atoms with E-state index >= 15 is 0 Å². The molecule has 0 aromatic heterocycles. The van der Waals surface area contributed by atoms with E-state index in [0.717, 1.165) is 11.0 Å². The molecule has 0 saturated heterocycles. The number of nitrogens with zero attached hydrogens (tertiary/aromatic N) is 1. The van der Waals surface area contributed by atoms with Crippen molar-refractivity contribution in [2.75, 3.05) is 11.9 Å². The quantitative estimate of drug-likeness (QED) is 0.562. The number of anilines is 1. The fourth-order valence-corrected chi connectivity index (χ4v) is 1.67. The van der Waals surface area contributed by atoms with Crippen LogP contribution in [0.2, 0.25) is 0 Å². The highest BCUT2D eigenvalue weighted by Gasteiger charge is 2.27. The van der Waals surface area contributed by atoms with Crippen LogP contribution in [-0.4, -0.2) is 25.1 Å². The molecule has 1 heterocycles. The fraction of sp³-hybridized carbons (Fsp3) is 0.182. The molecule has 1 N–H and O–H groups in total. The first-order valence-corrected chi connectivity index (χ1v) is 4.96. The molecule has 0 radical (unpaired) electrons. The summed E-state index contributed by atoms with van der Waals surface area (Å²) in [7, 11) is 0.774. The molecule has 0 atom stereocenters. The lowest BCUT2D eigenvalue weighted by Gasteiger charge is -2.16. The summed E-state index contributed by atoms with van der Waals surface area (Å²) < 4.78 is 5.08. The van der Waals surface area contributed by atoms with E-state index in [2.05, 4.69) is 6.58 Å². The monoisotopic (exact) mass is 217 g/mol. The van der Waals surface area contributed by atoms with Gasteiger partial charge in [-0.2, -0.15) is 0 Å². The zero-order valence-electron chi connectivity index (χ0n) is 9.01. The number of hydrogen-bond donors (Lipinski definition) is 1. The van der Waals surface area contributed by atoms with Crippen LogP contribution >= 0.6 is 0 Å². The van der Waals surface area contributed by atoms with Crippen molar-refractivity contribution in [3.63, 3.8) is 0 Å². The van der Waals surface area contributed by atoms with Crippen LogP contribution in [0, 0.1) is 0 Å². The molecule has 0 aliphatic carbocycles. The van der Waals surface area contributed by atoms with E-state index in [1.165, 1.54) is 11.0 Å². The summed E-state index contributed by atoms with van der Waals surface area (Å²) >= 11 is 0. The molecule has 2 rings (SSSR count). The number of benzene rings is 1. The Morgan fingerprint density at radius 1 is 1.69 bits per heavy atom. The molecular formula is C11H12BNO3. The van der Waals surface area contributed by atoms with Crippen molar-refractivity contribution in [3.05, 3.63) is 36.4 Å². The van der Waals surface area contributed by atoms with E-state index < -0.39 is 7.12 Å². The predicted octanol–water partition coefficient (Wildman–Crippen LogP) is 0.0531. The number of amides is 1. The Morgan fingerprint density at radius 2 is 2.44 bits per heavy atom. The molecular weight excluding hydrogens is 205 g/mol. The Morgan fingerprint density at radius 3 is 3.12 bits per heavy atom. The number of hydrogen-bond acceptors (Lipinski definition) is 3. The molecule has 16 heavy (non-hydrogen) atoms. The molecule has 0 fully saturated rings. The summed E-state index contributed by atoms with van der Waals surface area (Å²) in [5.74, 6) is -0.187. The minimum atomic E-state index is -0.887. The third-order valence-electron chi connectivity index (χ3n) is 2.68. The van der Waals surface area contributed by atoms with Gasteiger partial charge in [-0.15, -0.1) is 0 Å². The van der Waals surface area contributed by atoms with Gasteiger partial charge in [-0.3, -0.25) is 4.79 Å². The fourth-order valence-electron chi connectivity index (χ4n) is 1.67. The first-order valence-electron chi connectivity index (χ1n) is 4.96. The summed E-state index contributed by atoms with van der Waals surface area (Å²) in [6, 6.07) is 5.43. The summed E-state index contributed by atoms with van der Waals surface area (Å²) in [4.78, 5) is 12.9. The van der Waals surface area contributed by atoms with E-state index in [1.54, 1.807) is 13.1 Å². The van der Waals surface area contributed by atoms with Gasteiger partial charge in [0.15, 0.2) is 0 Å². The topological polar surface area (TPSA) is 49.8 Å². The molecule has 0 bridgehead atoms. The van der Waals surface area contributed by atoms with Gasteiger partial charge in [-0.1, -0.05) is 12.6 Å². The highest BCUT2D eigenvalue weighted by molar-refractivity contribution is 6.61. The van der Waals surface area contributed by atoms with Gasteiger partial charge in [0.2, 0.25) is 5.91 Å². The Hall–Kier alpha value is -1.59. The average Bonchev–Trinajstić information content (AvgIpc) is 2.68. The first kappa shape index (κ1) is 10.9. The first-order chi connectivity index (χ1) is 7.63. The van der Waals surface area contributed by atoms with Gasteiger partial charge >= 0.3 is 7.12 Å². The minimum absolute atomic E-state index is 0.187. The van der Waals surface area contributed by atoms with Crippen LogP contribution in [0.25, 0.3) is 0 Å². The molecule has 82 valence electrons. The summed E-state index contributed by atoms with van der Waals surface area (Å²) in [6.45, 7) is 3.84. The molecule has 1 aliphatic rings. The number of carbonyl (C=O) groups is 1. The van der Waals surface area contributed by atoms with Crippen LogP contribution in [0.5, 0.6) is 0 Å². The normalized spacial score (nSPS) is 13.5. The predicted molar refractivity (Wildman–Crippen MR) is 62.4 cm³/mol. The maximum absolute atomic E-state index is 11.4. The highest BCUT2D eigenvalue weighted by Crippen LogP contribution is 2.17. The van der Waals surface area contributed by atoms with Crippen molar-refractivity contribution in [2.24, 2.45) is 0 Å². The van der Waals surface area contributed by atoms with Crippen molar-refractivity contribution in [2.45, 2.75) is 6.61 Å². The van der Waals surface area contributed by atoms with Crippen LogP contribution in [0.1, 0.15) is 5.56 Å². The number of fused-ring (bicyclic) bond motifs is 1. The van der Waals surface area contributed by atoms with Crippen molar-refractivity contribution >= 4 is 24.2 Å². The minimum Gasteiger partial charge on any atom is -0.423 e. The Balaban J connectivity index is 2.34. The molecule has 1 aliphatic heterocycles. The average molecular weight is 217 g/mol. The molecule has 0 saturated carbocycles. The van der Waals surface area contributed by atoms with Gasteiger partial charge in [0.05, 0.1) is 6.61 Å². The van der Waals surface area contributed by atoms with Crippen molar-refractivity contribution in [1.82, 2.24) is 0 Å². The van der Waals surface area contributed by atoms with Crippen molar-refractivity contribution < 1.29 is 14.5 Å². The number of rotatable bonds is 2. The number of carbonyl (C=O) groups excluding carboxylic acids is 1. The SMILES string of the molecule is C=CC(=O)N(C)c1ccc2c(c1)B(O)OC2. The van der Waals surface area contributed by atoms with Crippen molar-refractivity contribution in [3.8, 4) is 0 Å². The van der Waals surface area contributed by atoms with E-state index in [-0.39, 0.29) is 5.91 Å². The zero-order valence-corrected chi connectivity index (χ0v) is 9.01. The second-order valence-electron chi connectivity index (χ2n) is 3.65. The highest BCUT2D eigenvalue weighted by atomic mass is 16.5. The lowest BCUT2D eigenvalue weighted by atomic mass is 9.79. The van der Waals surface area contributed by atoms with Gasteiger partial charge in [0, 0.05) is 12.7 Å². The van der Waals surface area contributed by atoms with Crippen LogP contribution < -0.4 is 10.4 Å². The summed E-state index contributed by atoms with van der Waals surface area (Å²) in [5, 5.41) is 9.54. The van der Waals surface area contributed by atoms with E-state index in [9.17, 15) is 9.82 Å². The molecule has 4 nitrogen and oxygen atoms in total. The van der Waals surface area contributed by atoms with Gasteiger partial charge in [0.1, 0.15) is 0 Å². The molecule has 5 heteroatoms. The Labute approximate surface area is 94.3 Å². The molecule has 0 spiro atoms. The van der Waals surface area contributed by atoms with Crippen LogP contribution in [-0.2, 0) is 16.1 Å². The molecule has 1 aromatic rings. The smallest absolute Gasteiger partial charge is 0.423 e. The molecule has 1 amide bonds. The Bertz CT molecular complexity index is 447. The summed E-state index contributed by atoms with van der Waals surface area (Å²) in [5.41, 5.74) is 2.39. The second-order valence-corrected chi connectivity index (χ2v) is 3.65. The third kappa shape index (κ3) is 1.75. The lowest BCUT2D eigenvalue weighted by Crippen LogP contribution is -2.30. The van der Waals surface area contributed by atoms with Crippen LogP contribution in [0.4, 0.5) is 5.69 Å². The third-order valence-corrected chi connectivity index (χ3v) is 2.68. The van der Waals surface area contributed by atoms with Gasteiger partial charge in [0.25, 0.3) is 0 Å². The zero-order chi connectivity index (χ0) is 11.7. The second kappa shape index (κ2) is 4.12. The van der Waals surface area contributed by atoms with Crippen LogP contribution in [0.15, 0.2) is 30.9 Å². The standard InChI is InChI=1S/C11H12BNO3/c1-3-11(14)13(2)9-5-4-8-7-16-12(15)10(8)6-9/h3-6,15H,1,7H2,2H3. The van der Waals surface area contributed by atoms with Gasteiger partial charge < -0.3 is 14.6 Å². The van der Waals surface area contributed by atoms with Crippen LogP contribution in [0.3, 0.4) is 0 Å². The number of likely N-dealkylation sites (N-methyl/N-ethyl adjacent to an activating group) is 1. The molecule has 1 aromatic carbocycles. The lowest BCUT2D eigenvalue weighted by molar-refractivity contribution is -0.113.